The molecule has 0 spiro atoms. The van der Waals surface area contributed by atoms with Crippen molar-refractivity contribution in [1.82, 2.24) is 24.8 Å². The van der Waals surface area contributed by atoms with Gasteiger partial charge in [0, 0.05) is 64.1 Å². The minimum atomic E-state index is 0.464. The normalized spacial score (nSPS) is 18.1. The molecule has 0 aliphatic carbocycles. The molecule has 9 heteroatoms. The van der Waals surface area contributed by atoms with Crippen LogP contribution in [0.15, 0.2) is 24.4 Å². The lowest BCUT2D eigenvalue weighted by atomic mass is 10.00. The quantitative estimate of drug-likeness (QED) is 0.540. The molecule has 36 heavy (non-hydrogen) atoms. The van der Waals surface area contributed by atoms with Crippen LogP contribution >= 0.6 is 0 Å². The Bertz CT molecular complexity index is 1220. The maximum atomic E-state index is 6.23. The van der Waals surface area contributed by atoms with Crippen molar-refractivity contribution < 1.29 is 4.74 Å². The molecule has 4 heterocycles. The number of rotatable bonds is 6. The van der Waals surface area contributed by atoms with Gasteiger partial charge in [0.05, 0.1) is 18.5 Å². The molecule has 3 aromatic rings. The summed E-state index contributed by atoms with van der Waals surface area (Å²) in [6.45, 7) is 8.81. The van der Waals surface area contributed by atoms with Crippen molar-refractivity contribution in [2.45, 2.75) is 32.2 Å². The van der Waals surface area contributed by atoms with Crippen LogP contribution in [0.5, 0.6) is 5.75 Å². The third-order valence-corrected chi connectivity index (χ3v) is 7.72. The molecular formula is C27H38N8O. The number of hydrogen-bond donors (Lipinski definition) is 2. The minimum Gasteiger partial charge on any atom is -0.495 e. The maximum Gasteiger partial charge on any atom is 0.153 e. The summed E-state index contributed by atoms with van der Waals surface area (Å²) in [5.74, 6) is 2.02. The molecule has 9 nitrogen and oxygen atoms in total. The monoisotopic (exact) mass is 490 g/mol. The topological polar surface area (TPSA) is 95.7 Å². The average Bonchev–Trinajstić information content (AvgIpc) is 2.92. The molecule has 0 atom stereocenters. The molecule has 192 valence electrons. The van der Waals surface area contributed by atoms with Crippen molar-refractivity contribution in [3.63, 3.8) is 0 Å². The number of aryl methyl sites for hydroxylation is 1. The third-order valence-electron chi connectivity index (χ3n) is 7.72. The van der Waals surface area contributed by atoms with Crippen molar-refractivity contribution in [3.8, 4) is 16.9 Å². The van der Waals surface area contributed by atoms with E-state index < -0.39 is 0 Å². The number of pyridine rings is 1. The Morgan fingerprint density at radius 1 is 1.06 bits per heavy atom. The van der Waals surface area contributed by atoms with Gasteiger partial charge in [0.2, 0.25) is 0 Å². The first-order valence-electron chi connectivity index (χ1n) is 13.0. The van der Waals surface area contributed by atoms with Crippen LogP contribution in [0.1, 0.15) is 25.5 Å². The summed E-state index contributed by atoms with van der Waals surface area (Å²) >= 11 is 0. The van der Waals surface area contributed by atoms with Crippen LogP contribution in [0.2, 0.25) is 0 Å². The van der Waals surface area contributed by atoms with Crippen LogP contribution in [0.4, 0.5) is 17.3 Å². The van der Waals surface area contributed by atoms with Gasteiger partial charge in [0.25, 0.3) is 0 Å². The predicted molar refractivity (Wildman–Crippen MR) is 147 cm³/mol. The minimum absolute atomic E-state index is 0.464. The molecule has 5 rings (SSSR count). The smallest absolute Gasteiger partial charge is 0.153 e. The molecule has 0 unspecified atom stereocenters. The number of likely N-dealkylation sites (N-methyl/N-ethyl adjacent to an activating group) is 1. The van der Waals surface area contributed by atoms with Crippen molar-refractivity contribution >= 4 is 28.4 Å². The van der Waals surface area contributed by atoms with E-state index >= 15 is 0 Å². The molecule has 3 N–H and O–H groups in total. The van der Waals surface area contributed by atoms with E-state index in [-0.39, 0.29) is 0 Å². The number of anilines is 3. The number of piperazine rings is 1. The van der Waals surface area contributed by atoms with Crippen molar-refractivity contribution in [1.29, 1.82) is 0 Å². The molecule has 2 aliphatic heterocycles. The second kappa shape index (κ2) is 10.4. The summed E-state index contributed by atoms with van der Waals surface area (Å²) in [6.07, 6.45) is 4.92. The van der Waals surface area contributed by atoms with Crippen LogP contribution in [0, 0.1) is 0 Å². The lowest BCUT2D eigenvalue weighted by molar-refractivity contribution is 0.0981. The zero-order valence-electron chi connectivity index (χ0n) is 21.9. The number of hydrogen-bond acceptors (Lipinski definition) is 9. The van der Waals surface area contributed by atoms with Crippen LogP contribution in [-0.4, -0.2) is 91.3 Å². The SMILES string of the molecule is CCc1nc2c(NC)ncc(-c3ccc(N4CCC(N5CCN(C)CC5)CC4)c(OC)c3)c2nc1N. The highest BCUT2D eigenvalue weighted by Crippen LogP contribution is 2.37. The van der Waals surface area contributed by atoms with E-state index in [9.17, 15) is 0 Å². The van der Waals surface area contributed by atoms with Gasteiger partial charge in [-0.05, 0) is 44.0 Å². The van der Waals surface area contributed by atoms with E-state index in [1.165, 1.54) is 39.0 Å². The van der Waals surface area contributed by atoms with Crippen molar-refractivity contribution in [2.75, 3.05) is 76.4 Å². The molecular weight excluding hydrogens is 452 g/mol. The van der Waals surface area contributed by atoms with Gasteiger partial charge >= 0.3 is 0 Å². The van der Waals surface area contributed by atoms with Crippen molar-refractivity contribution in [2.24, 2.45) is 0 Å². The Hall–Kier alpha value is -3.17. The zero-order valence-corrected chi connectivity index (χ0v) is 21.9. The first-order valence-corrected chi connectivity index (χ1v) is 13.0. The van der Waals surface area contributed by atoms with E-state index in [0.29, 0.717) is 17.7 Å². The first-order chi connectivity index (χ1) is 17.5. The fourth-order valence-corrected chi connectivity index (χ4v) is 5.51. The largest absolute Gasteiger partial charge is 0.495 e. The van der Waals surface area contributed by atoms with Crippen LogP contribution < -0.4 is 20.7 Å². The number of benzene rings is 1. The first kappa shape index (κ1) is 24.5. The Balaban J connectivity index is 1.41. The third kappa shape index (κ3) is 4.65. The maximum absolute atomic E-state index is 6.23. The van der Waals surface area contributed by atoms with Gasteiger partial charge in [-0.25, -0.2) is 15.0 Å². The van der Waals surface area contributed by atoms with E-state index in [1.54, 1.807) is 7.11 Å². The van der Waals surface area contributed by atoms with E-state index in [0.717, 1.165) is 58.8 Å². The Morgan fingerprint density at radius 2 is 1.81 bits per heavy atom. The number of piperidine rings is 1. The molecule has 2 aliphatic rings. The Labute approximate surface area is 213 Å². The van der Waals surface area contributed by atoms with Gasteiger partial charge in [-0.3, -0.25) is 4.90 Å². The predicted octanol–water partition coefficient (Wildman–Crippen LogP) is 3.10. The van der Waals surface area contributed by atoms with Crippen LogP contribution in [-0.2, 0) is 6.42 Å². The molecule has 0 saturated carbocycles. The number of nitrogens with zero attached hydrogens (tertiary/aromatic N) is 6. The summed E-state index contributed by atoms with van der Waals surface area (Å²) in [6, 6.07) is 7.06. The molecule has 2 saturated heterocycles. The Morgan fingerprint density at radius 3 is 2.47 bits per heavy atom. The van der Waals surface area contributed by atoms with E-state index in [4.69, 9.17) is 20.4 Å². The van der Waals surface area contributed by atoms with E-state index in [1.807, 2.05) is 20.2 Å². The molecule has 2 fully saturated rings. The van der Waals surface area contributed by atoms with Gasteiger partial charge in [-0.1, -0.05) is 13.0 Å². The molecule has 0 amide bonds. The standard InChI is InChI=1S/C27H38N8O/c1-5-21-26(28)32-24-20(17-30-27(29-2)25(24)31-21)18-6-7-22(23(16-18)36-4)35-10-8-19(9-11-35)34-14-12-33(3)13-15-34/h6-7,16-17,19H,5,8-15H2,1-4H3,(H2,28,32)(H,29,30). The highest BCUT2D eigenvalue weighted by Gasteiger charge is 2.28. The molecule has 2 aromatic heterocycles. The summed E-state index contributed by atoms with van der Waals surface area (Å²) in [4.78, 5) is 21.7. The average molecular weight is 491 g/mol. The lowest BCUT2D eigenvalue weighted by Crippen LogP contribution is -2.52. The van der Waals surface area contributed by atoms with Gasteiger partial charge in [0.1, 0.15) is 22.6 Å². The van der Waals surface area contributed by atoms with E-state index in [2.05, 4.69) is 50.2 Å². The number of fused-ring (bicyclic) bond motifs is 1. The summed E-state index contributed by atoms with van der Waals surface area (Å²) in [5, 5.41) is 3.13. The zero-order chi connectivity index (χ0) is 25.2. The fraction of sp³-hybridized carbons (Fsp3) is 0.519. The molecule has 1 aromatic carbocycles. The second-order valence-electron chi connectivity index (χ2n) is 9.82. The van der Waals surface area contributed by atoms with Gasteiger partial charge in [-0.15, -0.1) is 0 Å². The number of methoxy groups -OCH3 is 1. The molecule has 0 radical (unpaired) electrons. The van der Waals surface area contributed by atoms with Gasteiger partial charge in [0.15, 0.2) is 5.82 Å². The fourth-order valence-electron chi connectivity index (χ4n) is 5.51. The highest BCUT2D eigenvalue weighted by molar-refractivity contribution is 5.97. The number of ether oxygens (including phenoxy) is 1. The van der Waals surface area contributed by atoms with Crippen LogP contribution in [0.3, 0.4) is 0 Å². The number of nitrogens with one attached hydrogen (secondary N) is 1. The number of aromatic nitrogens is 3. The van der Waals surface area contributed by atoms with Gasteiger partial charge < -0.3 is 25.6 Å². The molecule has 0 bridgehead atoms. The van der Waals surface area contributed by atoms with Gasteiger partial charge in [-0.2, -0.15) is 0 Å². The summed E-state index contributed by atoms with van der Waals surface area (Å²) < 4.78 is 5.88. The summed E-state index contributed by atoms with van der Waals surface area (Å²) in [7, 11) is 5.80. The van der Waals surface area contributed by atoms with Crippen LogP contribution in [0.25, 0.3) is 22.2 Å². The highest BCUT2D eigenvalue weighted by atomic mass is 16.5. The van der Waals surface area contributed by atoms with Crippen molar-refractivity contribution in [3.05, 3.63) is 30.1 Å². The second-order valence-corrected chi connectivity index (χ2v) is 9.82. The lowest BCUT2D eigenvalue weighted by Gasteiger charge is -2.42. The Kier molecular flexibility index (Phi) is 7.11. The number of nitrogens with two attached hydrogens (primary N) is 1. The summed E-state index contributed by atoms with van der Waals surface area (Å²) in [5.41, 5.74) is 11.5. The number of nitrogen functional groups attached to an aromatic ring is 1.